The van der Waals surface area contributed by atoms with E-state index in [0.29, 0.717) is 11.5 Å². The Hall–Kier alpha value is -2.04. The topological polar surface area (TPSA) is 72.0 Å². The van der Waals surface area contributed by atoms with Crippen LogP contribution in [-0.4, -0.2) is 16.9 Å². The second-order valence-electron chi connectivity index (χ2n) is 6.14. The molecule has 0 amide bonds. The van der Waals surface area contributed by atoms with Crippen LogP contribution >= 0.6 is 0 Å². The van der Waals surface area contributed by atoms with Gasteiger partial charge < -0.3 is 14.4 Å². The maximum atomic E-state index is 12.2. The molecule has 0 radical (unpaired) electrons. The third-order valence-corrected chi connectivity index (χ3v) is 4.68. The second kappa shape index (κ2) is 4.76. The lowest BCUT2D eigenvalue weighted by molar-refractivity contribution is -0.140. The van der Waals surface area contributed by atoms with E-state index < -0.39 is 0 Å². The standard InChI is InChI=1S/C16H19NO4/c1-9-5-4-6-16(3)13(9)15(18)21-14(16)11-7-12(20-8-11)10(2)17-19/h7-8,14,19H,4-6H2,1-3H3/b17-10+/t14-,16+/m0/s1. The van der Waals surface area contributed by atoms with Crippen LogP contribution in [0.3, 0.4) is 0 Å². The average molecular weight is 289 g/mol. The van der Waals surface area contributed by atoms with E-state index in [1.54, 1.807) is 19.3 Å². The van der Waals surface area contributed by atoms with E-state index in [1.807, 2.05) is 6.92 Å². The highest BCUT2D eigenvalue weighted by molar-refractivity contribution is 5.96. The van der Waals surface area contributed by atoms with E-state index in [4.69, 9.17) is 14.4 Å². The zero-order valence-electron chi connectivity index (χ0n) is 12.5. The number of esters is 1. The maximum Gasteiger partial charge on any atom is 0.335 e. The number of allylic oxidation sites excluding steroid dienone is 1. The normalized spacial score (nSPS) is 29.6. The highest BCUT2D eigenvalue weighted by atomic mass is 16.6. The van der Waals surface area contributed by atoms with Crippen LogP contribution in [0.2, 0.25) is 0 Å². The molecule has 3 rings (SSSR count). The molecule has 5 nitrogen and oxygen atoms in total. The van der Waals surface area contributed by atoms with Gasteiger partial charge in [0, 0.05) is 16.6 Å². The van der Waals surface area contributed by atoms with Crippen LogP contribution in [0, 0.1) is 5.41 Å². The first-order valence-electron chi connectivity index (χ1n) is 7.16. The summed E-state index contributed by atoms with van der Waals surface area (Å²) in [5.41, 5.74) is 2.87. The fraction of sp³-hybridized carbons (Fsp3) is 0.500. The van der Waals surface area contributed by atoms with E-state index in [-0.39, 0.29) is 17.5 Å². The molecular weight excluding hydrogens is 270 g/mol. The Kier molecular flexibility index (Phi) is 3.15. The molecule has 1 aromatic heterocycles. The number of hydrogen-bond acceptors (Lipinski definition) is 5. The number of carbonyl (C=O) groups excluding carboxylic acids is 1. The first-order valence-corrected chi connectivity index (χ1v) is 7.16. The van der Waals surface area contributed by atoms with Gasteiger partial charge >= 0.3 is 5.97 Å². The Morgan fingerprint density at radius 3 is 3.00 bits per heavy atom. The summed E-state index contributed by atoms with van der Waals surface area (Å²) in [6.07, 6.45) is 4.18. The van der Waals surface area contributed by atoms with Crippen LogP contribution in [-0.2, 0) is 9.53 Å². The van der Waals surface area contributed by atoms with Crippen molar-refractivity contribution in [1.82, 2.24) is 0 Å². The van der Waals surface area contributed by atoms with Crippen molar-refractivity contribution < 1.29 is 19.2 Å². The molecule has 2 aliphatic rings. The zero-order valence-corrected chi connectivity index (χ0v) is 12.5. The van der Waals surface area contributed by atoms with Crippen LogP contribution in [0.1, 0.15) is 57.5 Å². The highest BCUT2D eigenvalue weighted by Gasteiger charge is 2.52. The van der Waals surface area contributed by atoms with Crippen molar-refractivity contribution in [3.63, 3.8) is 0 Å². The average Bonchev–Trinajstić information content (AvgIpc) is 3.01. The van der Waals surface area contributed by atoms with E-state index in [2.05, 4.69) is 12.1 Å². The number of rotatable bonds is 2. The Bertz CT molecular complexity index is 655. The van der Waals surface area contributed by atoms with Gasteiger partial charge in [-0.1, -0.05) is 17.7 Å². The lowest BCUT2D eigenvalue weighted by Gasteiger charge is -2.33. The van der Waals surface area contributed by atoms with Gasteiger partial charge in [-0.15, -0.1) is 0 Å². The Morgan fingerprint density at radius 2 is 2.29 bits per heavy atom. The molecule has 2 atom stereocenters. The molecule has 1 aliphatic carbocycles. The number of ether oxygens (including phenoxy) is 1. The summed E-state index contributed by atoms with van der Waals surface area (Å²) in [5.74, 6) is 0.270. The van der Waals surface area contributed by atoms with Crippen molar-refractivity contribution in [3.05, 3.63) is 34.8 Å². The van der Waals surface area contributed by atoms with E-state index in [9.17, 15) is 4.79 Å². The van der Waals surface area contributed by atoms with Gasteiger partial charge in [0.1, 0.15) is 11.8 Å². The quantitative estimate of drug-likeness (QED) is 0.391. The number of furan rings is 1. The predicted molar refractivity (Wildman–Crippen MR) is 76.2 cm³/mol. The Labute approximate surface area is 123 Å². The third-order valence-electron chi connectivity index (χ3n) is 4.68. The SMILES string of the molecule is CC1=C2C(=O)O[C@@H](c3coc(/C(C)=N/O)c3)[C@]2(C)CCC1. The lowest BCUT2D eigenvalue weighted by Crippen LogP contribution is -2.26. The molecule has 1 fully saturated rings. The van der Waals surface area contributed by atoms with Crippen LogP contribution in [0.4, 0.5) is 0 Å². The van der Waals surface area contributed by atoms with Crippen molar-refractivity contribution in [2.45, 2.75) is 46.1 Å². The van der Waals surface area contributed by atoms with Gasteiger partial charge in [0.15, 0.2) is 5.76 Å². The predicted octanol–water partition coefficient (Wildman–Crippen LogP) is 3.58. The molecule has 0 aromatic carbocycles. The van der Waals surface area contributed by atoms with Crippen LogP contribution in [0.5, 0.6) is 0 Å². The molecule has 1 aliphatic heterocycles. The summed E-state index contributed by atoms with van der Waals surface area (Å²) >= 11 is 0. The molecule has 5 heteroatoms. The Morgan fingerprint density at radius 1 is 1.52 bits per heavy atom. The van der Waals surface area contributed by atoms with Crippen LogP contribution in [0.25, 0.3) is 0 Å². The van der Waals surface area contributed by atoms with Gasteiger partial charge in [-0.2, -0.15) is 0 Å². The van der Waals surface area contributed by atoms with E-state index in [1.165, 1.54) is 0 Å². The van der Waals surface area contributed by atoms with Crippen LogP contribution < -0.4 is 0 Å². The third kappa shape index (κ3) is 1.99. The number of hydrogen-bond donors (Lipinski definition) is 1. The lowest BCUT2D eigenvalue weighted by atomic mass is 9.68. The number of carbonyl (C=O) groups is 1. The molecule has 112 valence electrons. The first-order chi connectivity index (χ1) is 9.97. The summed E-state index contributed by atoms with van der Waals surface area (Å²) in [5, 5.41) is 11.9. The maximum absolute atomic E-state index is 12.2. The molecule has 1 aromatic rings. The van der Waals surface area contributed by atoms with Gasteiger partial charge in [0.2, 0.25) is 0 Å². The minimum atomic E-state index is -0.334. The largest absolute Gasteiger partial charge is 0.463 e. The number of nitrogens with zero attached hydrogens (tertiary/aromatic N) is 1. The van der Waals surface area contributed by atoms with Crippen molar-refractivity contribution in [2.24, 2.45) is 10.6 Å². The summed E-state index contributed by atoms with van der Waals surface area (Å²) in [6.45, 7) is 5.75. The van der Waals surface area contributed by atoms with Crippen LogP contribution in [0.15, 0.2) is 33.0 Å². The number of oxime groups is 1. The Balaban J connectivity index is 2.02. The highest BCUT2D eigenvalue weighted by Crippen LogP contribution is 2.55. The number of cyclic esters (lactones) is 1. The van der Waals surface area contributed by atoms with E-state index >= 15 is 0 Å². The minimum absolute atomic E-state index is 0.213. The van der Waals surface area contributed by atoms with Gasteiger partial charge in [0.25, 0.3) is 0 Å². The second-order valence-corrected chi connectivity index (χ2v) is 6.14. The zero-order chi connectivity index (χ0) is 15.2. The van der Waals surface area contributed by atoms with Crippen molar-refractivity contribution in [1.29, 1.82) is 0 Å². The summed E-state index contributed by atoms with van der Waals surface area (Å²) in [4.78, 5) is 12.2. The number of fused-ring (bicyclic) bond motifs is 1. The summed E-state index contributed by atoms with van der Waals surface area (Å²) < 4.78 is 11.1. The molecule has 2 heterocycles. The molecule has 0 unspecified atom stereocenters. The van der Waals surface area contributed by atoms with Gasteiger partial charge in [-0.25, -0.2) is 4.79 Å². The molecule has 0 bridgehead atoms. The molecule has 0 spiro atoms. The van der Waals surface area contributed by atoms with E-state index in [0.717, 1.165) is 36.0 Å². The van der Waals surface area contributed by atoms with Crippen molar-refractivity contribution in [2.75, 3.05) is 0 Å². The molecule has 1 N–H and O–H groups in total. The molecule has 0 saturated carbocycles. The first kappa shape index (κ1) is 13.9. The minimum Gasteiger partial charge on any atom is -0.463 e. The molecule has 1 saturated heterocycles. The fourth-order valence-corrected chi connectivity index (χ4v) is 3.59. The van der Waals surface area contributed by atoms with Crippen molar-refractivity contribution >= 4 is 11.7 Å². The summed E-state index contributed by atoms with van der Waals surface area (Å²) in [7, 11) is 0. The molecular formula is C16H19NO4. The monoisotopic (exact) mass is 289 g/mol. The smallest absolute Gasteiger partial charge is 0.335 e. The van der Waals surface area contributed by atoms with Crippen molar-refractivity contribution in [3.8, 4) is 0 Å². The molecule has 21 heavy (non-hydrogen) atoms. The summed E-state index contributed by atoms with van der Waals surface area (Å²) in [6, 6.07) is 1.78. The van der Waals surface area contributed by atoms with Gasteiger partial charge in [-0.05, 0) is 39.2 Å². The van der Waals surface area contributed by atoms with Gasteiger partial charge in [0.05, 0.1) is 6.26 Å². The van der Waals surface area contributed by atoms with Gasteiger partial charge in [-0.3, -0.25) is 0 Å². The fourth-order valence-electron chi connectivity index (χ4n) is 3.59.